The zero-order chi connectivity index (χ0) is 21.2. The van der Waals surface area contributed by atoms with Crippen LogP contribution in [-0.2, 0) is 22.5 Å². The van der Waals surface area contributed by atoms with Crippen LogP contribution in [0.4, 0.5) is 0 Å². The summed E-state index contributed by atoms with van der Waals surface area (Å²) in [4.78, 5) is 26.2. The van der Waals surface area contributed by atoms with Crippen LogP contribution in [-0.4, -0.2) is 37.0 Å². The highest BCUT2D eigenvalue weighted by molar-refractivity contribution is 5.89. The van der Waals surface area contributed by atoms with Crippen molar-refractivity contribution in [1.29, 1.82) is 0 Å². The molecule has 3 aromatic rings. The van der Waals surface area contributed by atoms with E-state index in [2.05, 4.69) is 16.9 Å². The van der Waals surface area contributed by atoms with Crippen LogP contribution in [0.15, 0.2) is 84.9 Å². The highest BCUT2D eigenvalue weighted by Crippen LogP contribution is 2.14. The summed E-state index contributed by atoms with van der Waals surface area (Å²) in [6.07, 6.45) is 0.771. The van der Waals surface area contributed by atoms with Gasteiger partial charge in [0.25, 0.3) is 5.91 Å². The van der Waals surface area contributed by atoms with E-state index in [4.69, 9.17) is 4.74 Å². The summed E-state index contributed by atoms with van der Waals surface area (Å²) >= 11 is 0. The maximum atomic E-state index is 12.9. The third kappa shape index (κ3) is 6.21. The molecule has 5 heteroatoms. The van der Waals surface area contributed by atoms with Crippen molar-refractivity contribution in [2.75, 3.05) is 20.3 Å². The smallest absolute Gasteiger partial charge is 0.337 e. The minimum atomic E-state index is -0.410. The van der Waals surface area contributed by atoms with Crippen molar-refractivity contribution in [3.05, 3.63) is 102 Å². The molecule has 0 fully saturated rings. The van der Waals surface area contributed by atoms with Crippen LogP contribution in [0.25, 0.3) is 0 Å². The lowest BCUT2D eigenvalue weighted by atomic mass is 10.1. The Kier molecular flexibility index (Phi) is 7.61. The molecule has 0 aliphatic carbocycles. The molecule has 0 aromatic heterocycles. The Morgan fingerprint density at radius 1 is 0.800 bits per heavy atom. The molecule has 0 N–H and O–H groups in total. The third-order valence-electron chi connectivity index (χ3n) is 4.72. The highest BCUT2D eigenvalue weighted by atomic mass is 16.5. The van der Waals surface area contributed by atoms with Gasteiger partial charge < -0.3 is 14.4 Å². The quantitative estimate of drug-likeness (QED) is 0.504. The highest BCUT2D eigenvalue weighted by Gasteiger charge is 2.15. The number of amides is 1. The SMILES string of the molecule is COC(=O)c1ccc(OCC(=O)N(CCc2ccccc2)Cc2ccccc2)cc1. The molecule has 1 amide bonds. The van der Waals surface area contributed by atoms with E-state index >= 15 is 0 Å². The molecule has 0 spiro atoms. The minimum Gasteiger partial charge on any atom is -0.484 e. The maximum Gasteiger partial charge on any atom is 0.337 e. The topological polar surface area (TPSA) is 55.8 Å². The molecule has 3 rings (SSSR count). The summed E-state index contributed by atoms with van der Waals surface area (Å²) in [6, 6.07) is 26.6. The first kappa shape index (κ1) is 21.1. The minimum absolute atomic E-state index is 0.0702. The zero-order valence-electron chi connectivity index (χ0n) is 17.0. The van der Waals surface area contributed by atoms with Crippen molar-refractivity contribution >= 4 is 11.9 Å². The van der Waals surface area contributed by atoms with Gasteiger partial charge in [-0.05, 0) is 41.8 Å². The van der Waals surface area contributed by atoms with E-state index in [0.717, 1.165) is 12.0 Å². The van der Waals surface area contributed by atoms with E-state index in [-0.39, 0.29) is 12.5 Å². The molecule has 154 valence electrons. The molecule has 0 atom stereocenters. The van der Waals surface area contributed by atoms with E-state index in [0.29, 0.717) is 24.4 Å². The molecule has 5 nitrogen and oxygen atoms in total. The standard InChI is InChI=1S/C25H25NO4/c1-29-25(28)22-12-14-23(15-13-22)30-19-24(27)26(18-21-10-6-3-7-11-21)17-16-20-8-4-2-5-9-20/h2-15H,16-19H2,1H3. The summed E-state index contributed by atoms with van der Waals surface area (Å²) in [5.41, 5.74) is 2.69. The second-order valence-corrected chi connectivity index (χ2v) is 6.84. The number of carbonyl (C=O) groups excluding carboxylic acids is 2. The first-order chi connectivity index (χ1) is 14.7. The van der Waals surface area contributed by atoms with Gasteiger partial charge in [0, 0.05) is 13.1 Å². The molecule has 0 saturated carbocycles. The molecular formula is C25H25NO4. The van der Waals surface area contributed by atoms with Crippen LogP contribution in [0.2, 0.25) is 0 Å². The normalized spacial score (nSPS) is 10.3. The van der Waals surface area contributed by atoms with E-state index in [1.807, 2.05) is 53.4 Å². The molecule has 0 radical (unpaired) electrons. The van der Waals surface area contributed by atoms with Gasteiger partial charge in [0.2, 0.25) is 0 Å². The Morgan fingerprint density at radius 2 is 1.40 bits per heavy atom. The van der Waals surface area contributed by atoms with Crippen LogP contribution < -0.4 is 4.74 Å². The lowest BCUT2D eigenvalue weighted by Crippen LogP contribution is -2.36. The summed E-state index contributed by atoms with van der Waals surface area (Å²) < 4.78 is 10.3. The number of carbonyl (C=O) groups is 2. The first-order valence-electron chi connectivity index (χ1n) is 9.82. The maximum absolute atomic E-state index is 12.9. The summed E-state index contributed by atoms with van der Waals surface area (Å²) in [5.74, 6) is 0.0260. The summed E-state index contributed by atoms with van der Waals surface area (Å²) in [6.45, 7) is 1.05. The van der Waals surface area contributed by atoms with Gasteiger partial charge in [-0.3, -0.25) is 4.79 Å². The Hall–Kier alpha value is -3.60. The summed E-state index contributed by atoms with van der Waals surface area (Å²) in [5, 5.41) is 0. The van der Waals surface area contributed by atoms with Gasteiger partial charge >= 0.3 is 5.97 Å². The van der Waals surface area contributed by atoms with E-state index in [1.54, 1.807) is 24.3 Å². The van der Waals surface area contributed by atoms with Crippen LogP contribution >= 0.6 is 0 Å². The van der Waals surface area contributed by atoms with Crippen LogP contribution in [0.1, 0.15) is 21.5 Å². The van der Waals surface area contributed by atoms with Gasteiger partial charge in [-0.25, -0.2) is 4.79 Å². The molecule has 0 unspecified atom stereocenters. The fraction of sp³-hybridized carbons (Fsp3) is 0.200. The Labute approximate surface area is 176 Å². The van der Waals surface area contributed by atoms with Crippen molar-refractivity contribution < 1.29 is 19.1 Å². The number of rotatable bonds is 9. The molecule has 30 heavy (non-hydrogen) atoms. The van der Waals surface area contributed by atoms with Gasteiger partial charge in [0.05, 0.1) is 12.7 Å². The van der Waals surface area contributed by atoms with Crippen molar-refractivity contribution in [3.8, 4) is 5.75 Å². The molecule has 0 aliphatic heterocycles. The average Bonchev–Trinajstić information content (AvgIpc) is 2.81. The number of hydrogen-bond donors (Lipinski definition) is 0. The number of benzene rings is 3. The van der Waals surface area contributed by atoms with Gasteiger partial charge in [0.1, 0.15) is 5.75 Å². The summed E-state index contributed by atoms with van der Waals surface area (Å²) in [7, 11) is 1.34. The van der Waals surface area contributed by atoms with Crippen LogP contribution in [0.5, 0.6) is 5.75 Å². The van der Waals surface area contributed by atoms with Crippen molar-refractivity contribution in [2.45, 2.75) is 13.0 Å². The number of nitrogens with zero attached hydrogens (tertiary/aromatic N) is 1. The van der Waals surface area contributed by atoms with Crippen LogP contribution in [0.3, 0.4) is 0 Å². The second kappa shape index (κ2) is 10.8. The molecule has 0 bridgehead atoms. The molecular weight excluding hydrogens is 378 g/mol. The van der Waals surface area contributed by atoms with Gasteiger partial charge in [0.15, 0.2) is 6.61 Å². The van der Waals surface area contributed by atoms with Crippen molar-refractivity contribution in [2.24, 2.45) is 0 Å². The van der Waals surface area contributed by atoms with Gasteiger partial charge in [-0.2, -0.15) is 0 Å². The predicted octanol–water partition coefficient (Wildman–Crippen LogP) is 4.12. The van der Waals surface area contributed by atoms with Gasteiger partial charge in [-0.1, -0.05) is 60.7 Å². The Morgan fingerprint density at radius 3 is 2.00 bits per heavy atom. The monoisotopic (exact) mass is 403 g/mol. The predicted molar refractivity (Wildman–Crippen MR) is 115 cm³/mol. The molecule has 0 saturated heterocycles. The van der Waals surface area contributed by atoms with E-state index in [9.17, 15) is 9.59 Å². The Balaban J connectivity index is 1.62. The molecule has 0 heterocycles. The second-order valence-electron chi connectivity index (χ2n) is 6.84. The largest absolute Gasteiger partial charge is 0.484 e. The first-order valence-corrected chi connectivity index (χ1v) is 9.82. The lowest BCUT2D eigenvalue weighted by Gasteiger charge is -2.23. The zero-order valence-corrected chi connectivity index (χ0v) is 17.0. The Bertz CT molecular complexity index is 940. The number of methoxy groups -OCH3 is 1. The van der Waals surface area contributed by atoms with Crippen LogP contribution in [0, 0.1) is 0 Å². The number of ether oxygens (including phenoxy) is 2. The van der Waals surface area contributed by atoms with Crippen molar-refractivity contribution in [3.63, 3.8) is 0 Å². The number of hydrogen-bond acceptors (Lipinski definition) is 4. The molecule has 0 aliphatic rings. The van der Waals surface area contributed by atoms with Gasteiger partial charge in [-0.15, -0.1) is 0 Å². The fourth-order valence-corrected chi connectivity index (χ4v) is 3.05. The van der Waals surface area contributed by atoms with E-state index < -0.39 is 5.97 Å². The van der Waals surface area contributed by atoms with Crippen molar-refractivity contribution in [1.82, 2.24) is 4.90 Å². The number of esters is 1. The van der Waals surface area contributed by atoms with E-state index in [1.165, 1.54) is 12.7 Å². The molecule has 3 aromatic carbocycles. The third-order valence-corrected chi connectivity index (χ3v) is 4.72. The average molecular weight is 403 g/mol. The fourth-order valence-electron chi connectivity index (χ4n) is 3.05. The lowest BCUT2D eigenvalue weighted by molar-refractivity contribution is -0.134.